The van der Waals surface area contributed by atoms with E-state index in [2.05, 4.69) is 18.7 Å². The average Bonchev–Trinajstić information content (AvgIpc) is 2.66. The highest BCUT2D eigenvalue weighted by Gasteiger charge is 2.43. The lowest BCUT2D eigenvalue weighted by atomic mass is 9.81. The summed E-state index contributed by atoms with van der Waals surface area (Å²) in [7, 11) is 0. The zero-order valence-electron chi connectivity index (χ0n) is 16.5. The molecule has 2 aromatic carbocycles. The maximum absolute atomic E-state index is 13.1. The number of benzene rings is 2. The van der Waals surface area contributed by atoms with Crippen LogP contribution < -0.4 is 4.74 Å². The monoisotopic (exact) mass is 385 g/mol. The summed E-state index contributed by atoms with van der Waals surface area (Å²) in [4.78, 5) is 2.21. The minimum absolute atomic E-state index is 0.297. The topological polar surface area (TPSA) is 52.9 Å². The first kappa shape index (κ1) is 19.4. The molecule has 2 N–H and O–H groups in total. The number of hydrogen-bond donors (Lipinski definition) is 2. The maximum atomic E-state index is 13.1. The summed E-state index contributed by atoms with van der Waals surface area (Å²) in [6.45, 7) is 6.22. The molecule has 2 aliphatic heterocycles. The van der Waals surface area contributed by atoms with Gasteiger partial charge >= 0.3 is 0 Å². The summed E-state index contributed by atoms with van der Waals surface area (Å²) < 4.78 is 19.5. The maximum Gasteiger partial charge on any atom is 0.126 e. The molecule has 1 spiro atoms. The van der Waals surface area contributed by atoms with Crippen molar-refractivity contribution in [3.63, 3.8) is 0 Å². The molecule has 2 aromatic rings. The van der Waals surface area contributed by atoms with Gasteiger partial charge in [0.1, 0.15) is 17.2 Å². The fourth-order valence-electron chi connectivity index (χ4n) is 4.38. The van der Waals surface area contributed by atoms with Crippen LogP contribution in [0, 0.1) is 19.7 Å². The zero-order chi connectivity index (χ0) is 19.9. The van der Waals surface area contributed by atoms with Gasteiger partial charge in [-0.1, -0.05) is 12.1 Å². The minimum atomic E-state index is -0.640. The highest BCUT2D eigenvalue weighted by atomic mass is 19.1. The molecule has 5 heteroatoms. The van der Waals surface area contributed by atoms with Gasteiger partial charge in [-0.15, -0.1) is 0 Å². The highest BCUT2D eigenvalue weighted by Crippen LogP contribution is 2.45. The Morgan fingerprint density at radius 3 is 2.46 bits per heavy atom. The van der Waals surface area contributed by atoms with E-state index in [1.165, 1.54) is 23.3 Å². The second kappa shape index (κ2) is 7.47. The Kier molecular flexibility index (Phi) is 5.17. The van der Waals surface area contributed by atoms with Gasteiger partial charge in [-0.05, 0) is 67.6 Å². The molecule has 1 fully saturated rings. The molecule has 1 saturated heterocycles. The van der Waals surface area contributed by atoms with Crippen LogP contribution in [-0.2, 0) is 0 Å². The molecule has 150 valence electrons. The van der Waals surface area contributed by atoms with E-state index in [1.807, 2.05) is 12.1 Å². The smallest absolute Gasteiger partial charge is 0.126 e. The van der Waals surface area contributed by atoms with Gasteiger partial charge < -0.3 is 19.8 Å². The number of hydrogen-bond acceptors (Lipinski definition) is 4. The number of likely N-dealkylation sites (tertiary alicyclic amines) is 1. The summed E-state index contributed by atoms with van der Waals surface area (Å²) in [6.07, 6.45) is 1.09. The van der Waals surface area contributed by atoms with E-state index in [1.54, 1.807) is 12.1 Å². The predicted octanol–water partition coefficient (Wildman–Crippen LogP) is 3.83. The summed E-state index contributed by atoms with van der Waals surface area (Å²) in [5.41, 5.74) is 3.62. The molecule has 0 bridgehead atoms. The third-order valence-corrected chi connectivity index (χ3v) is 6.33. The third-order valence-electron chi connectivity index (χ3n) is 6.33. The first-order valence-electron chi connectivity index (χ1n) is 9.99. The van der Waals surface area contributed by atoms with Crippen molar-refractivity contribution >= 4 is 0 Å². The van der Waals surface area contributed by atoms with Crippen molar-refractivity contribution in [1.29, 1.82) is 0 Å². The first-order chi connectivity index (χ1) is 13.3. The molecular weight excluding hydrogens is 357 g/mol. The quantitative estimate of drug-likeness (QED) is 0.843. The van der Waals surface area contributed by atoms with Crippen molar-refractivity contribution in [3.8, 4) is 5.75 Å². The van der Waals surface area contributed by atoms with E-state index in [9.17, 15) is 14.6 Å². The number of β-amino-alcohol motifs (C(OH)–C–C–N with tert-alkyl or cyclic N) is 1. The van der Waals surface area contributed by atoms with Crippen LogP contribution in [0.2, 0.25) is 0 Å². The summed E-state index contributed by atoms with van der Waals surface area (Å²) >= 11 is 0. The molecular formula is C23H28FNO3. The van der Waals surface area contributed by atoms with Gasteiger partial charge in [-0.25, -0.2) is 4.39 Å². The highest BCUT2D eigenvalue weighted by molar-refractivity contribution is 5.45. The third kappa shape index (κ3) is 3.79. The van der Waals surface area contributed by atoms with E-state index >= 15 is 0 Å². The molecule has 2 atom stereocenters. The molecule has 4 nitrogen and oxygen atoms in total. The number of halogens is 1. The van der Waals surface area contributed by atoms with Crippen molar-refractivity contribution in [2.75, 3.05) is 19.6 Å². The molecule has 0 aliphatic carbocycles. The molecule has 0 radical (unpaired) electrons. The van der Waals surface area contributed by atoms with Gasteiger partial charge in [0.15, 0.2) is 0 Å². The Balaban J connectivity index is 1.41. The van der Waals surface area contributed by atoms with Crippen LogP contribution in [0.5, 0.6) is 5.75 Å². The number of ether oxygens (including phenoxy) is 1. The number of aliphatic hydroxyl groups excluding tert-OH is 2. The van der Waals surface area contributed by atoms with Gasteiger partial charge in [0.2, 0.25) is 0 Å². The lowest BCUT2D eigenvalue weighted by Crippen LogP contribution is -2.51. The Morgan fingerprint density at radius 1 is 1.14 bits per heavy atom. The van der Waals surface area contributed by atoms with Gasteiger partial charge in [0, 0.05) is 31.6 Å². The number of aliphatic hydroxyl groups is 2. The predicted molar refractivity (Wildman–Crippen MR) is 106 cm³/mol. The lowest BCUT2D eigenvalue weighted by molar-refractivity contribution is -0.0588. The second-order valence-electron chi connectivity index (χ2n) is 8.35. The zero-order valence-corrected chi connectivity index (χ0v) is 16.5. The summed E-state index contributed by atoms with van der Waals surface area (Å²) in [5.74, 6) is 0.510. The molecule has 2 heterocycles. The van der Waals surface area contributed by atoms with Gasteiger partial charge in [0.05, 0.1) is 12.2 Å². The van der Waals surface area contributed by atoms with Gasteiger partial charge in [-0.3, -0.25) is 0 Å². The van der Waals surface area contributed by atoms with Crippen LogP contribution in [-0.4, -0.2) is 40.3 Å². The van der Waals surface area contributed by atoms with Crippen molar-refractivity contribution in [2.45, 2.75) is 50.9 Å². The molecule has 0 aromatic heterocycles. The van der Waals surface area contributed by atoms with Crippen molar-refractivity contribution < 1.29 is 19.3 Å². The van der Waals surface area contributed by atoms with E-state index in [0.717, 1.165) is 42.8 Å². The molecule has 0 saturated carbocycles. The van der Waals surface area contributed by atoms with Crippen LogP contribution in [0.15, 0.2) is 36.4 Å². The number of piperidine rings is 1. The van der Waals surface area contributed by atoms with Gasteiger partial charge in [0.25, 0.3) is 0 Å². The van der Waals surface area contributed by atoms with E-state index in [4.69, 9.17) is 4.74 Å². The normalized spacial score (nSPS) is 22.5. The van der Waals surface area contributed by atoms with E-state index in [0.29, 0.717) is 13.0 Å². The number of nitrogens with zero attached hydrogens (tertiary/aromatic N) is 1. The Hall–Kier alpha value is -1.95. The largest absolute Gasteiger partial charge is 0.487 e. The Labute approximate surface area is 165 Å². The molecule has 2 aliphatic rings. The Morgan fingerprint density at radius 2 is 1.79 bits per heavy atom. The Bertz CT molecular complexity index is 844. The molecule has 0 unspecified atom stereocenters. The fraction of sp³-hybridized carbons (Fsp3) is 0.478. The van der Waals surface area contributed by atoms with E-state index < -0.39 is 12.2 Å². The van der Waals surface area contributed by atoms with Crippen molar-refractivity contribution in [1.82, 2.24) is 4.90 Å². The summed E-state index contributed by atoms with van der Waals surface area (Å²) in [6, 6.07) is 10.1. The van der Waals surface area contributed by atoms with Crippen LogP contribution in [0.3, 0.4) is 0 Å². The molecule has 28 heavy (non-hydrogen) atoms. The minimum Gasteiger partial charge on any atom is -0.487 e. The van der Waals surface area contributed by atoms with E-state index in [-0.39, 0.29) is 11.4 Å². The SMILES string of the molecule is Cc1cc2c(cc1C)[C@H](O)CC1(CCN(C[C@@H](O)c3ccc(F)cc3)CC1)O2. The summed E-state index contributed by atoms with van der Waals surface area (Å²) in [5, 5.41) is 21.2. The fourth-order valence-corrected chi connectivity index (χ4v) is 4.38. The van der Waals surface area contributed by atoms with Crippen LogP contribution in [0.25, 0.3) is 0 Å². The number of rotatable bonds is 3. The lowest BCUT2D eigenvalue weighted by Gasteiger charge is -2.46. The average molecular weight is 385 g/mol. The van der Waals surface area contributed by atoms with Gasteiger partial charge in [-0.2, -0.15) is 0 Å². The first-order valence-corrected chi connectivity index (χ1v) is 9.99. The van der Waals surface area contributed by atoms with Crippen LogP contribution in [0.4, 0.5) is 4.39 Å². The molecule has 4 rings (SSSR count). The van der Waals surface area contributed by atoms with Crippen LogP contribution >= 0.6 is 0 Å². The standard InChI is InChI=1S/C23H28FNO3/c1-15-11-19-20(26)13-23(28-22(19)12-16(15)2)7-9-25(10-8-23)14-21(27)17-3-5-18(24)6-4-17/h3-6,11-12,20-21,26-27H,7-10,13-14H2,1-2H3/t20-,21-/m1/s1. The number of fused-ring (bicyclic) bond motifs is 1. The molecule has 0 amide bonds. The van der Waals surface area contributed by atoms with Crippen molar-refractivity contribution in [2.24, 2.45) is 0 Å². The number of aryl methyl sites for hydroxylation is 2. The van der Waals surface area contributed by atoms with Crippen LogP contribution in [0.1, 0.15) is 53.7 Å². The van der Waals surface area contributed by atoms with Crippen molar-refractivity contribution in [3.05, 3.63) is 64.5 Å². The second-order valence-corrected chi connectivity index (χ2v) is 8.35.